The van der Waals surface area contributed by atoms with Gasteiger partial charge in [-0.2, -0.15) is 0 Å². The summed E-state index contributed by atoms with van der Waals surface area (Å²) in [6, 6.07) is 11.4. The summed E-state index contributed by atoms with van der Waals surface area (Å²) in [5.41, 5.74) is 0.569. The summed E-state index contributed by atoms with van der Waals surface area (Å²) in [6.07, 6.45) is 3.98. The fraction of sp³-hybridized carbons (Fsp3) is 0.125. The highest BCUT2D eigenvalue weighted by Gasteiger charge is 2.13. The molecule has 0 atom stereocenters. The summed E-state index contributed by atoms with van der Waals surface area (Å²) in [4.78, 5) is 13.4. The van der Waals surface area contributed by atoms with E-state index >= 15 is 0 Å². The van der Waals surface area contributed by atoms with Gasteiger partial charge in [0.15, 0.2) is 0 Å². The molecule has 8 heteroatoms. The first-order valence-corrected chi connectivity index (χ1v) is 8.65. The zero-order valence-electron chi connectivity index (χ0n) is 12.7. The lowest BCUT2D eigenvalue weighted by molar-refractivity contribution is -0.361. The second-order valence-electron chi connectivity index (χ2n) is 4.82. The number of aliphatic carboxylic acids is 1. The van der Waals surface area contributed by atoms with Crippen molar-refractivity contribution >= 4 is 27.9 Å². The van der Waals surface area contributed by atoms with Crippen molar-refractivity contribution in [1.29, 1.82) is 0 Å². The van der Waals surface area contributed by atoms with Gasteiger partial charge in [0.1, 0.15) is 0 Å². The third-order valence-corrected chi connectivity index (χ3v) is 4.52. The minimum atomic E-state index is -3.62. The minimum Gasteiger partial charge on any atom is -0.545 e. The van der Waals surface area contributed by atoms with E-state index in [0.717, 1.165) is 11.9 Å². The highest BCUT2D eigenvalue weighted by Crippen LogP contribution is 2.11. The smallest absolute Gasteiger partial charge is 0.272 e. The Kier molecular flexibility index (Phi) is 6.05. The van der Waals surface area contributed by atoms with Crippen molar-refractivity contribution in [1.82, 2.24) is 4.72 Å². The lowest BCUT2D eigenvalue weighted by Gasteiger charge is -2.06. The topological polar surface area (TPSA) is 112 Å². The van der Waals surface area contributed by atoms with Crippen LogP contribution in [-0.2, 0) is 14.8 Å². The number of aromatic nitrogens is 1. The van der Waals surface area contributed by atoms with Crippen molar-refractivity contribution in [2.24, 2.45) is 0 Å². The van der Waals surface area contributed by atoms with Crippen LogP contribution in [0.1, 0.15) is 5.56 Å². The highest BCUT2D eigenvalue weighted by molar-refractivity contribution is 7.89. The molecule has 7 nitrogen and oxygen atoms in total. The molecular formula is C16H17N3O4S. The van der Waals surface area contributed by atoms with Crippen LogP contribution in [0.2, 0.25) is 0 Å². The number of anilines is 1. The van der Waals surface area contributed by atoms with Crippen LogP contribution in [0.4, 0.5) is 5.82 Å². The number of hydrogen-bond donors (Lipinski definition) is 2. The van der Waals surface area contributed by atoms with Gasteiger partial charge in [-0.3, -0.25) is 5.32 Å². The quantitative estimate of drug-likeness (QED) is 0.501. The second-order valence-corrected chi connectivity index (χ2v) is 6.59. The van der Waals surface area contributed by atoms with Gasteiger partial charge in [0.25, 0.3) is 5.82 Å². The Morgan fingerprint density at radius 3 is 2.50 bits per heavy atom. The number of aromatic amines is 1. The van der Waals surface area contributed by atoms with Crippen LogP contribution in [0.15, 0.2) is 59.6 Å². The molecular weight excluding hydrogens is 330 g/mol. The Balaban J connectivity index is 1.89. The standard InChI is InChI=1S/C16H17N3O4S/c20-16(21)9-6-13-4-7-14(8-5-13)24(22,23)19-12-11-18-15-3-1-2-10-17-15/h1-10,19H,11-12H2,(H,17,18)(H,20,21)/b9-6+. The summed E-state index contributed by atoms with van der Waals surface area (Å²) in [5.74, 6) is -0.516. The number of nitrogens with one attached hydrogen (secondary N) is 3. The maximum Gasteiger partial charge on any atom is 0.272 e. The molecule has 0 fully saturated rings. The SMILES string of the molecule is O=C([O-])/C=C/c1ccc(S(=O)(=O)NCCNc2cccc[nH+]2)cc1. The Morgan fingerprint density at radius 2 is 1.88 bits per heavy atom. The molecule has 0 amide bonds. The van der Waals surface area contributed by atoms with E-state index in [4.69, 9.17) is 0 Å². The molecule has 0 radical (unpaired) electrons. The van der Waals surface area contributed by atoms with E-state index < -0.39 is 16.0 Å². The third kappa shape index (κ3) is 5.49. The van der Waals surface area contributed by atoms with Crippen molar-refractivity contribution in [3.05, 3.63) is 60.3 Å². The van der Waals surface area contributed by atoms with Crippen LogP contribution in [0.5, 0.6) is 0 Å². The lowest BCUT2D eigenvalue weighted by atomic mass is 10.2. The zero-order valence-corrected chi connectivity index (χ0v) is 13.5. The number of hydrogen-bond acceptors (Lipinski definition) is 5. The Hall–Kier alpha value is -2.71. The number of carboxylic acid groups (broad SMARTS) is 1. The van der Waals surface area contributed by atoms with E-state index in [1.807, 2.05) is 18.2 Å². The summed E-state index contributed by atoms with van der Waals surface area (Å²) < 4.78 is 26.8. The molecule has 2 aromatic rings. The minimum absolute atomic E-state index is 0.111. The molecule has 0 aliphatic carbocycles. The number of rotatable bonds is 8. The van der Waals surface area contributed by atoms with Crippen molar-refractivity contribution in [3.8, 4) is 0 Å². The van der Waals surface area contributed by atoms with Gasteiger partial charge in [-0.25, -0.2) is 18.1 Å². The summed E-state index contributed by atoms with van der Waals surface area (Å²) in [7, 11) is -3.62. The van der Waals surface area contributed by atoms with E-state index in [9.17, 15) is 18.3 Å². The van der Waals surface area contributed by atoms with Gasteiger partial charge in [-0.1, -0.05) is 24.3 Å². The van der Waals surface area contributed by atoms with Crippen LogP contribution in [0.3, 0.4) is 0 Å². The van der Waals surface area contributed by atoms with Gasteiger partial charge in [0, 0.05) is 12.6 Å². The molecule has 0 saturated heterocycles. The molecule has 0 spiro atoms. The van der Waals surface area contributed by atoms with Gasteiger partial charge in [-0.05, 0) is 29.8 Å². The van der Waals surface area contributed by atoms with E-state index in [1.165, 1.54) is 30.3 Å². The molecule has 24 heavy (non-hydrogen) atoms. The van der Waals surface area contributed by atoms with Crippen molar-refractivity contribution in [2.75, 3.05) is 18.4 Å². The van der Waals surface area contributed by atoms with Crippen molar-refractivity contribution in [3.63, 3.8) is 0 Å². The predicted octanol–water partition coefficient (Wildman–Crippen LogP) is -0.346. The molecule has 2 rings (SSSR count). The summed E-state index contributed by atoms with van der Waals surface area (Å²) in [6.45, 7) is 0.642. The Labute approximate surface area is 140 Å². The average molecular weight is 347 g/mol. The number of benzene rings is 1. The summed E-state index contributed by atoms with van der Waals surface area (Å²) in [5, 5.41) is 13.4. The molecule has 0 aliphatic heterocycles. The van der Waals surface area contributed by atoms with Crippen molar-refractivity contribution in [2.45, 2.75) is 4.90 Å². The fourth-order valence-corrected chi connectivity index (χ4v) is 2.92. The van der Waals surface area contributed by atoms with E-state index in [1.54, 1.807) is 6.20 Å². The van der Waals surface area contributed by atoms with Gasteiger partial charge in [0.05, 0.1) is 23.6 Å². The largest absolute Gasteiger partial charge is 0.545 e. The predicted molar refractivity (Wildman–Crippen MR) is 87.2 cm³/mol. The van der Waals surface area contributed by atoms with Crippen LogP contribution in [0.25, 0.3) is 6.08 Å². The molecule has 126 valence electrons. The molecule has 1 aromatic heterocycles. The first-order valence-electron chi connectivity index (χ1n) is 7.17. The number of carboxylic acids is 1. The molecule has 1 heterocycles. The zero-order chi connectivity index (χ0) is 17.4. The van der Waals surface area contributed by atoms with Crippen LogP contribution in [0, 0.1) is 0 Å². The fourth-order valence-electron chi connectivity index (χ4n) is 1.89. The second kappa shape index (κ2) is 8.23. The molecule has 0 bridgehead atoms. The van der Waals surface area contributed by atoms with E-state index in [-0.39, 0.29) is 11.4 Å². The molecule has 0 unspecified atom stereocenters. The Bertz CT molecular complexity index is 803. The molecule has 0 aliphatic rings. The third-order valence-electron chi connectivity index (χ3n) is 3.04. The van der Waals surface area contributed by atoms with Crippen LogP contribution >= 0.6 is 0 Å². The lowest BCUT2D eigenvalue weighted by Crippen LogP contribution is -2.29. The monoisotopic (exact) mass is 347 g/mol. The highest BCUT2D eigenvalue weighted by atomic mass is 32.2. The van der Waals surface area contributed by atoms with Gasteiger partial charge in [0.2, 0.25) is 10.0 Å². The maximum absolute atomic E-state index is 12.2. The van der Waals surface area contributed by atoms with Crippen molar-refractivity contribution < 1.29 is 23.3 Å². The van der Waals surface area contributed by atoms with E-state index in [2.05, 4.69) is 15.0 Å². The Morgan fingerprint density at radius 1 is 1.12 bits per heavy atom. The maximum atomic E-state index is 12.2. The first-order chi connectivity index (χ1) is 11.5. The number of carbonyl (C=O) groups is 1. The van der Waals surface area contributed by atoms with Gasteiger partial charge in [-0.15, -0.1) is 0 Å². The van der Waals surface area contributed by atoms with Crippen LogP contribution < -0.4 is 20.1 Å². The molecule has 0 saturated carbocycles. The van der Waals surface area contributed by atoms with Crippen LogP contribution in [-0.4, -0.2) is 27.5 Å². The normalized spacial score (nSPS) is 11.5. The van der Waals surface area contributed by atoms with Gasteiger partial charge >= 0.3 is 0 Å². The number of sulfonamides is 1. The number of pyridine rings is 1. The molecule has 1 aromatic carbocycles. The van der Waals surface area contributed by atoms with E-state index in [0.29, 0.717) is 12.1 Å². The first kappa shape index (κ1) is 17.6. The number of H-pyrrole nitrogens is 1. The summed E-state index contributed by atoms with van der Waals surface area (Å²) >= 11 is 0. The number of carbonyl (C=O) groups excluding carboxylic acids is 1. The van der Waals surface area contributed by atoms with Gasteiger partial charge < -0.3 is 9.90 Å². The average Bonchev–Trinajstić information content (AvgIpc) is 2.58. The molecule has 3 N–H and O–H groups in total.